The summed E-state index contributed by atoms with van der Waals surface area (Å²) >= 11 is 3.41. The largest absolute Gasteiger partial charge is 0.348 e. The van der Waals surface area contributed by atoms with E-state index in [9.17, 15) is 9.18 Å². The van der Waals surface area contributed by atoms with Gasteiger partial charge in [-0.25, -0.2) is 9.18 Å². The number of hydrogen-bond donors (Lipinski definition) is 0. The maximum atomic E-state index is 12.8. The van der Waals surface area contributed by atoms with E-state index in [1.807, 2.05) is 6.92 Å². The molecule has 0 atom stereocenters. The number of aryl methyl sites for hydroxylation is 1. The van der Waals surface area contributed by atoms with Crippen LogP contribution in [0.4, 0.5) is 4.39 Å². The summed E-state index contributed by atoms with van der Waals surface area (Å²) in [7, 11) is 0. The Kier molecular flexibility index (Phi) is 3.61. The van der Waals surface area contributed by atoms with Gasteiger partial charge >= 0.3 is 5.69 Å². The molecule has 0 bridgehead atoms. The van der Waals surface area contributed by atoms with Crippen LogP contribution >= 0.6 is 15.9 Å². The van der Waals surface area contributed by atoms with Crippen LogP contribution in [-0.4, -0.2) is 9.55 Å². The molecule has 94 valence electrons. The molecule has 0 amide bonds. The molecule has 2 rings (SSSR count). The molecule has 0 unspecified atom stereocenters. The third-order valence-electron chi connectivity index (χ3n) is 2.79. The second kappa shape index (κ2) is 5.02. The SMILES string of the molecule is Cc1nc(=O)n(Cc2ccc(F)cc2)c(C)c1Br. The third-order valence-corrected chi connectivity index (χ3v) is 3.94. The smallest absolute Gasteiger partial charge is 0.291 e. The number of rotatable bonds is 2. The van der Waals surface area contributed by atoms with E-state index in [1.165, 1.54) is 12.1 Å². The predicted molar refractivity (Wildman–Crippen MR) is 71.2 cm³/mol. The fraction of sp³-hybridized carbons (Fsp3) is 0.231. The maximum absolute atomic E-state index is 12.8. The van der Waals surface area contributed by atoms with Crippen molar-refractivity contribution in [3.05, 3.63) is 62.0 Å². The molecule has 1 aromatic heterocycles. The zero-order chi connectivity index (χ0) is 13.3. The Hall–Kier alpha value is -1.49. The lowest BCUT2D eigenvalue weighted by Gasteiger charge is -2.12. The van der Waals surface area contributed by atoms with Gasteiger partial charge in [0.05, 0.1) is 16.7 Å². The molecule has 0 saturated heterocycles. The van der Waals surface area contributed by atoms with Crippen molar-refractivity contribution in [3.63, 3.8) is 0 Å². The fourth-order valence-corrected chi connectivity index (χ4v) is 2.04. The van der Waals surface area contributed by atoms with Gasteiger partial charge in [0.15, 0.2) is 0 Å². The van der Waals surface area contributed by atoms with Gasteiger partial charge < -0.3 is 0 Å². The molecule has 5 heteroatoms. The number of hydrogen-bond acceptors (Lipinski definition) is 2. The zero-order valence-corrected chi connectivity index (χ0v) is 11.7. The highest BCUT2D eigenvalue weighted by molar-refractivity contribution is 9.10. The number of nitrogens with zero attached hydrogens (tertiary/aromatic N) is 2. The first kappa shape index (κ1) is 13.0. The van der Waals surface area contributed by atoms with Crippen molar-refractivity contribution in [1.29, 1.82) is 0 Å². The van der Waals surface area contributed by atoms with Crippen LogP contribution < -0.4 is 5.69 Å². The van der Waals surface area contributed by atoms with E-state index in [-0.39, 0.29) is 11.5 Å². The lowest BCUT2D eigenvalue weighted by atomic mass is 10.2. The standard InChI is InChI=1S/C13H12BrFN2O/c1-8-12(14)9(2)17(13(18)16-8)7-10-3-5-11(15)6-4-10/h3-6H,7H2,1-2H3. The Morgan fingerprint density at radius 2 is 1.89 bits per heavy atom. The molecule has 2 aromatic rings. The summed E-state index contributed by atoms with van der Waals surface area (Å²) in [6.45, 7) is 4.02. The lowest BCUT2D eigenvalue weighted by molar-refractivity contribution is 0.625. The average Bonchev–Trinajstić information content (AvgIpc) is 2.34. The first-order chi connectivity index (χ1) is 8.49. The van der Waals surface area contributed by atoms with E-state index in [1.54, 1.807) is 23.6 Å². The summed E-state index contributed by atoms with van der Waals surface area (Å²) in [4.78, 5) is 15.8. The van der Waals surface area contributed by atoms with Gasteiger partial charge in [0.2, 0.25) is 0 Å². The van der Waals surface area contributed by atoms with Crippen LogP contribution in [0.25, 0.3) is 0 Å². The Morgan fingerprint density at radius 1 is 1.28 bits per heavy atom. The molecule has 0 saturated carbocycles. The number of aromatic nitrogens is 2. The van der Waals surface area contributed by atoms with E-state index in [0.29, 0.717) is 12.2 Å². The van der Waals surface area contributed by atoms with Gasteiger partial charge in [-0.15, -0.1) is 0 Å². The molecule has 0 fully saturated rings. The van der Waals surface area contributed by atoms with Gasteiger partial charge in [0.25, 0.3) is 0 Å². The molecule has 3 nitrogen and oxygen atoms in total. The van der Waals surface area contributed by atoms with Crippen molar-refractivity contribution in [3.8, 4) is 0 Å². The summed E-state index contributed by atoms with van der Waals surface area (Å²) in [6.07, 6.45) is 0. The molecule has 1 heterocycles. The van der Waals surface area contributed by atoms with E-state index in [0.717, 1.165) is 15.7 Å². The highest BCUT2D eigenvalue weighted by atomic mass is 79.9. The Labute approximate surface area is 112 Å². The molecule has 0 radical (unpaired) electrons. The van der Waals surface area contributed by atoms with Crippen LogP contribution in [0.5, 0.6) is 0 Å². The van der Waals surface area contributed by atoms with E-state index in [4.69, 9.17) is 0 Å². The summed E-state index contributed by atoms with van der Waals surface area (Å²) in [5, 5.41) is 0. The van der Waals surface area contributed by atoms with Crippen LogP contribution in [0.2, 0.25) is 0 Å². The Morgan fingerprint density at radius 3 is 2.50 bits per heavy atom. The topological polar surface area (TPSA) is 34.9 Å². The predicted octanol–water partition coefficient (Wildman–Crippen LogP) is 2.81. The van der Waals surface area contributed by atoms with Crippen LogP contribution in [-0.2, 0) is 6.54 Å². The van der Waals surface area contributed by atoms with Gasteiger partial charge in [-0.2, -0.15) is 4.98 Å². The second-order valence-electron chi connectivity index (χ2n) is 4.09. The van der Waals surface area contributed by atoms with Gasteiger partial charge in [-0.3, -0.25) is 4.57 Å². The number of halogens is 2. The molecular formula is C13H12BrFN2O. The Balaban J connectivity index is 2.44. The van der Waals surface area contributed by atoms with Gasteiger partial charge in [0.1, 0.15) is 5.82 Å². The minimum atomic E-state index is -0.294. The molecule has 0 N–H and O–H groups in total. The molecular weight excluding hydrogens is 299 g/mol. The quantitative estimate of drug-likeness (QED) is 0.855. The molecule has 0 spiro atoms. The summed E-state index contributed by atoms with van der Waals surface area (Å²) in [5.74, 6) is -0.286. The van der Waals surface area contributed by atoms with Crippen LogP contribution in [0.3, 0.4) is 0 Å². The van der Waals surface area contributed by atoms with Crippen LogP contribution in [0.1, 0.15) is 17.0 Å². The monoisotopic (exact) mass is 310 g/mol. The zero-order valence-electron chi connectivity index (χ0n) is 10.1. The Bertz CT molecular complexity index is 635. The highest BCUT2D eigenvalue weighted by Gasteiger charge is 2.09. The van der Waals surface area contributed by atoms with Crippen molar-refractivity contribution in [2.75, 3.05) is 0 Å². The van der Waals surface area contributed by atoms with Gasteiger partial charge in [-0.05, 0) is 47.5 Å². The third kappa shape index (κ3) is 2.51. The fourth-order valence-electron chi connectivity index (χ4n) is 1.74. The molecule has 1 aromatic carbocycles. The minimum absolute atomic E-state index is 0.286. The van der Waals surface area contributed by atoms with Crippen molar-refractivity contribution in [1.82, 2.24) is 9.55 Å². The minimum Gasteiger partial charge on any atom is -0.291 e. The lowest BCUT2D eigenvalue weighted by Crippen LogP contribution is -2.26. The van der Waals surface area contributed by atoms with Gasteiger partial charge in [-0.1, -0.05) is 12.1 Å². The van der Waals surface area contributed by atoms with Crippen molar-refractivity contribution in [2.24, 2.45) is 0 Å². The van der Waals surface area contributed by atoms with Crippen LogP contribution in [0.15, 0.2) is 33.5 Å². The highest BCUT2D eigenvalue weighted by Crippen LogP contribution is 2.17. The molecule has 0 aliphatic carbocycles. The van der Waals surface area contributed by atoms with E-state index >= 15 is 0 Å². The average molecular weight is 311 g/mol. The van der Waals surface area contributed by atoms with Crippen LogP contribution in [0, 0.1) is 19.7 Å². The van der Waals surface area contributed by atoms with E-state index in [2.05, 4.69) is 20.9 Å². The maximum Gasteiger partial charge on any atom is 0.348 e. The van der Waals surface area contributed by atoms with Gasteiger partial charge in [0, 0.05) is 5.69 Å². The molecule has 18 heavy (non-hydrogen) atoms. The van der Waals surface area contributed by atoms with Crippen molar-refractivity contribution >= 4 is 15.9 Å². The first-order valence-corrected chi connectivity index (χ1v) is 6.26. The first-order valence-electron chi connectivity index (χ1n) is 5.47. The van der Waals surface area contributed by atoms with E-state index < -0.39 is 0 Å². The summed E-state index contributed by atoms with van der Waals surface area (Å²) in [6, 6.07) is 6.09. The number of benzene rings is 1. The summed E-state index contributed by atoms with van der Waals surface area (Å²) in [5.41, 5.74) is 2.06. The molecule has 0 aliphatic heterocycles. The normalized spacial score (nSPS) is 10.7. The van der Waals surface area contributed by atoms with Crippen molar-refractivity contribution < 1.29 is 4.39 Å². The van der Waals surface area contributed by atoms with Crippen molar-refractivity contribution in [2.45, 2.75) is 20.4 Å². The summed E-state index contributed by atoms with van der Waals surface area (Å²) < 4.78 is 15.2. The second-order valence-corrected chi connectivity index (χ2v) is 4.88. The molecule has 0 aliphatic rings.